The third-order valence-corrected chi connectivity index (χ3v) is 4.13. The van der Waals surface area contributed by atoms with E-state index in [0.29, 0.717) is 5.69 Å². The number of hydrogen-bond acceptors (Lipinski definition) is 4. The third kappa shape index (κ3) is 3.20. The number of pyridine rings is 1. The molecule has 3 rings (SSSR count). The lowest BCUT2D eigenvalue weighted by Crippen LogP contribution is -2.27. The highest BCUT2D eigenvalue weighted by molar-refractivity contribution is 7.13. The molecule has 1 atom stereocenters. The highest BCUT2D eigenvalue weighted by Crippen LogP contribution is 2.23. The molecule has 22 heavy (non-hydrogen) atoms. The van der Waals surface area contributed by atoms with E-state index in [1.165, 1.54) is 11.3 Å². The predicted octanol–water partition coefficient (Wildman–Crippen LogP) is 3.70. The smallest absolute Gasteiger partial charge is 0.271 e. The summed E-state index contributed by atoms with van der Waals surface area (Å²) in [4.78, 5) is 20.9. The van der Waals surface area contributed by atoms with Gasteiger partial charge in [0.05, 0.1) is 11.7 Å². The van der Waals surface area contributed by atoms with Crippen LogP contribution in [0.15, 0.2) is 60.1 Å². The number of nitrogens with zero attached hydrogens (tertiary/aromatic N) is 2. The number of rotatable bonds is 4. The molecule has 0 aliphatic heterocycles. The molecule has 1 N–H and O–H groups in total. The van der Waals surface area contributed by atoms with Crippen molar-refractivity contribution in [1.29, 1.82) is 0 Å². The molecule has 0 aliphatic rings. The summed E-state index contributed by atoms with van der Waals surface area (Å²) in [6.07, 6.45) is 1.72. The Morgan fingerprint density at radius 2 is 1.91 bits per heavy atom. The van der Waals surface area contributed by atoms with Crippen molar-refractivity contribution >= 4 is 17.2 Å². The fourth-order valence-corrected chi connectivity index (χ4v) is 2.87. The van der Waals surface area contributed by atoms with Gasteiger partial charge in [-0.3, -0.25) is 9.78 Å². The van der Waals surface area contributed by atoms with E-state index in [1.54, 1.807) is 11.6 Å². The van der Waals surface area contributed by atoms with Gasteiger partial charge in [0.2, 0.25) is 0 Å². The molecular formula is C17H15N3OS. The van der Waals surface area contributed by atoms with Gasteiger partial charge in [-0.2, -0.15) is 0 Å². The molecule has 0 bridgehead atoms. The summed E-state index contributed by atoms with van der Waals surface area (Å²) < 4.78 is 0. The van der Waals surface area contributed by atoms with Gasteiger partial charge in [-0.05, 0) is 19.1 Å². The van der Waals surface area contributed by atoms with Crippen LogP contribution in [0.1, 0.15) is 29.1 Å². The lowest BCUT2D eigenvalue weighted by molar-refractivity contribution is 0.0935. The molecule has 1 aromatic carbocycles. The van der Waals surface area contributed by atoms with E-state index in [1.807, 2.05) is 55.5 Å². The Morgan fingerprint density at radius 1 is 1.14 bits per heavy atom. The fraction of sp³-hybridized carbons (Fsp3) is 0.118. The number of amides is 1. The summed E-state index contributed by atoms with van der Waals surface area (Å²) in [5.74, 6) is -0.184. The summed E-state index contributed by atoms with van der Waals surface area (Å²) in [6, 6.07) is 15.3. The zero-order valence-electron chi connectivity index (χ0n) is 12.1. The van der Waals surface area contributed by atoms with E-state index in [9.17, 15) is 4.79 Å². The SMILES string of the molecule is CC(NC(=O)c1csc(-c2ccccc2)n1)c1ccccn1. The second-order valence-corrected chi connectivity index (χ2v) is 5.71. The number of carbonyl (C=O) groups excluding carboxylic acids is 1. The molecule has 5 heteroatoms. The van der Waals surface area contributed by atoms with Crippen LogP contribution in [0.3, 0.4) is 0 Å². The maximum absolute atomic E-state index is 12.3. The molecule has 0 spiro atoms. The van der Waals surface area contributed by atoms with E-state index in [2.05, 4.69) is 15.3 Å². The molecule has 3 aromatic rings. The maximum Gasteiger partial charge on any atom is 0.271 e. The van der Waals surface area contributed by atoms with E-state index < -0.39 is 0 Å². The second-order valence-electron chi connectivity index (χ2n) is 4.85. The average Bonchev–Trinajstić information content (AvgIpc) is 3.06. The monoisotopic (exact) mass is 309 g/mol. The normalized spacial score (nSPS) is 11.9. The van der Waals surface area contributed by atoms with Crippen LogP contribution in [0.5, 0.6) is 0 Å². The van der Waals surface area contributed by atoms with Crippen molar-refractivity contribution in [2.75, 3.05) is 0 Å². The Balaban J connectivity index is 1.72. The maximum atomic E-state index is 12.3. The van der Waals surface area contributed by atoms with Gasteiger partial charge in [0.1, 0.15) is 10.7 Å². The Kier molecular flexibility index (Phi) is 4.25. The summed E-state index contributed by atoms with van der Waals surface area (Å²) in [7, 11) is 0. The van der Waals surface area contributed by atoms with Gasteiger partial charge in [0.15, 0.2) is 0 Å². The van der Waals surface area contributed by atoms with Crippen molar-refractivity contribution in [3.63, 3.8) is 0 Å². The number of carbonyl (C=O) groups is 1. The minimum atomic E-state index is -0.184. The Morgan fingerprint density at radius 3 is 2.64 bits per heavy atom. The standard InChI is InChI=1S/C17H15N3OS/c1-12(14-9-5-6-10-18-14)19-16(21)15-11-22-17(20-15)13-7-3-2-4-8-13/h2-12H,1H3,(H,19,21). The first-order valence-corrected chi connectivity index (χ1v) is 7.85. The van der Waals surface area contributed by atoms with Crippen LogP contribution in [-0.2, 0) is 0 Å². The van der Waals surface area contributed by atoms with Crippen molar-refractivity contribution in [2.24, 2.45) is 0 Å². The lowest BCUT2D eigenvalue weighted by Gasteiger charge is -2.11. The van der Waals surface area contributed by atoms with Gasteiger partial charge in [-0.15, -0.1) is 11.3 Å². The number of aromatic nitrogens is 2. The first-order valence-electron chi connectivity index (χ1n) is 6.97. The number of nitrogens with one attached hydrogen (secondary N) is 1. The summed E-state index contributed by atoms with van der Waals surface area (Å²) in [6.45, 7) is 1.91. The van der Waals surface area contributed by atoms with Crippen molar-refractivity contribution < 1.29 is 4.79 Å². The molecule has 0 radical (unpaired) electrons. The zero-order valence-corrected chi connectivity index (χ0v) is 12.9. The predicted molar refractivity (Wildman–Crippen MR) is 87.7 cm³/mol. The van der Waals surface area contributed by atoms with Gasteiger partial charge in [-0.25, -0.2) is 4.98 Å². The van der Waals surface area contributed by atoms with Crippen LogP contribution in [0.25, 0.3) is 10.6 Å². The minimum absolute atomic E-state index is 0.157. The summed E-state index contributed by atoms with van der Waals surface area (Å²) in [5, 5.41) is 5.54. The molecule has 1 unspecified atom stereocenters. The van der Waals surface area contributed by atoms with Gasteiger partial charge in [0, 0.05) is 17.1 Å². The van der Waals surface area contributed by atoms with Crippen LogP contribution >= 0.6 is 11.3 Å². The van der Waals surface area contributed by atoms with Gasteiger partial charge < -0.3 is 5.32 Å². The molecule has 0 aliphatic carbocycles. The number of hydrogen-bond donors (Lipinski definition) is 1. The molecule has 0 saturated carbocycles. The molecule has 2 aromatic heterocycles. The van der Waals surface area contributed by atoms with Crippen molar-refractivity contribution in [3.8, 4) is 10.6 Å². The third-order valence-electron chi connectivity index (χ3n) is 3.24. The summed E-state index contributed by atoms with van der Waals surface area (Å²) in [5.41, 5.74) is 2.28. The molecule has 4 nitrogen and oxygen atoms in total. The molecular weight excluding hydrogens is 294 g/mol. The first-order chi connectivity index (χ1) is 10.7. The molecule has 1 amide bonds. The molecule has 0 saturated heterocycles. The second kappa shape index (κ2) is 6.49. The summed E-state index contributed by atoms with van der Waals surface area (Å²) >= 11 is 1.47. The van der Waals surface area contributed by atoms with Gasteiger partial charge >= 0.3 is 0 Å². The highest BCUT2D eigenvalue weighted by atomic mass is 32.1. The molecule has 0 fully saturated rings. The van der Waals surface area contributed by atoms with Crippen LogP contribution in [-0.4, -0.2) is 15.9 Å². The van der Waals surface area contributed by atoms with E-state index in [-0.39, 0.29) is 11.9 Å². The minimum Gasteiger partial charge on any atom is -0.343 e. The van der Waals surface area contributed by atoms with Gasteiger partial charge in [-0.1, -0.05) is 36.4 Å². The number of benzene rings is 1. The quantitative estimate of drug-likeness (QED) is 0.799. The van der Waals surface area contributed by atoms with Crippen molar-refractivity contribution in [2.45, 2.75) is 13.0 Å². The largest absolute Gasteiger partial charge is 0.343 e. The van der Waals surface area contributed by atoms with Crippen LogP contribution in [0, 0.1) is 0 Å². The molecule has 2 heterocycles. The van der Waals surface area contributed by atoms with E-state index in [0.717, 1.165) is 16.3 Å². The Labute approximate surface area is 132 Å². The van der Waals surface area contributed by atoms with Crippen LogP contribution in [0.2, 0.25) is 0 Å². The van der Waals surface area contributed by atoms with Crippen molar-refractivity contribution in [3.05, 3.63) is 71.5 Å². The zero-order chi connectivity index (χ0) is 15.4. The van der Waals surface area contributed by atoms with E-state index in [4.69, 9.17) is 0 Å². The van der Waals surface area contributed by atoms with Crippen LogP contribution in [0.4, 0.5) is 0 Å². The van der Waals surface area contributed by atoms with Crippen molar-refractivity contribution in [1.82, 2.24) is 15.3 Å². The average molecular weight is 309 g/mol. The Hall–Kier alpha value is -2.53. The Bertz CT molecular complexity index is 756. The lowest BCUT2D eigenvalue weighted by atomic mass is 10.2. The van der Waals surface area contributed by atoms with Gasteiger partial charge in [0.25, 0.3) is 5.91 Å². The molecule has 110 valence electrons. The highest BCUT2D eigenvalue weighted by Gasteiger charge is 2.15. The fourth-order valence-electron chi connectivity index (χ4n) is 2.07. The van der Waals surface area contributed by atoms with E-state index >= 15 is 0 Å². The topological polar surface area (TPSA) is 54.9 Å². The number of thiazole rings is 1. The first kappa shape index (κ1) is 14.4. The van der Waals surface area contributed by atoms with Crippen LogP contribution < -0.4 is 5.32 Å².